The van der Waals surface area contributed by atoms with Crippen molar-refractivity contribution < 1.29 is 23.9 Å². The van der Waals surface area contributed by atoms with Gasteiger partial charge in [-0.1, -0.05) is 59.6 Å². The van der Waals surface area contributed by atoms with Crippen molar-refractivity contribution in [3.8, 4) is 11.5 Å². The van der Waals surface area contributed by atoms with E-state index < -0.39 is 11.8 Å². The third kappa shape index (κ3) is 7.66. The number of benzene rings is 4. The van der Waals surface area contributed by atoms with Crippen LogP contribution in [0.25, 0.3) is 12.2 Å². The number of ketones is 1. The second-order valence-corrected chi connectivity index (χ2v) is 9.67. The molecule has 42 heavy (non-hydrogen) atoms. The van der Waals surface area contributed by atoms with Gasteiger partial charge in [0.25, 0.3) is 11.8 Å². The molecule has 4 rings (SSSR count). The van der Waals surface area contributed by atoms with Gasteiger partial charge in [-0.25, -0.2) is 0 Å². The number of carbonyl (C=O) groups excluding carboxylic acids is 3. The molecular weight excluding hydrogens is 575 g/mol. The highest BCUT2D eigenvalue weighted by molar-refractivity contribution is 6.37. The van der Waals surface area contributed by atoms with Gasteiger partial charge in [-0.3, -0.25) is 14.4 Å². The van der Waals surface area contributed by atoms with Crippen molar-refractivity contribution in [3.05, 3.63) is 135 Å². The molecule has 0 atom stereocenters. The standard InChI is InChI=1S/C33H26Cl2N2O5/c1-41-30-18-12-21(19-31(30)42-2)11-17-29(38)22-13-15-24(16-14-22)36-33(40)28(20-25-26(34)9-6-10-27(25)35)37-32(39)23-7-4-3-5-8-23/h3-20H,1-2H3,(H,36,40)(H,37,39)/b17-11+,28-20-. The number of nitrogens with one attached hydrogen (secondary N) is 2. The highest BCUT2D eigenvalue weighted by Crippen LogP contribution is 2.28. The lowest BCUT2D eigenvalue weighted by molar-refractivity contribution is -0.113. The molecule has 0 heterocycles. The number of anilines is 1. The fourth-order valence-electron chi connectivity index (χ4n) is 3.88. The van der Waals surface area contributed by atoms with Gasteiger partial charge in [-0.2, -0.15) is 0 Å². The summed E-state index contributed by atoms with van der Waals surface area (Å²) >= 11 is 12.6. The van der Waals surface area contributed by atoms with E-state index in [1.165, 1.54) is 12.2 Å². The van der Waals surface area contributed by atoms with Crippen LogP contribution in [0.5, 0.6) is 11.5 Å². The molecule has 0 aliphatic carbocycles. The topological polar surface area (TPSA) is 93.7 Å². The number of methoxy groups -OCH3 is 2. The number of hydrogen-bond acceptors (Lipinski definition) is 5. The quantitative estimate of drug-likeness (QED) is 0.147. The average Bonchev–Trinajstić information content (AvgIpc) is 3.01. The van der Waals surface area contributed by atoms with Crippen molar-refractivity contribution in [1.29, 1.82) is 0 Å². The zero-order chi connectivity index (χ0) is 30.1. The molecule has 0 aliphatic heterocycles. The number of halogens is 2. The van der Waals surface area contributed by atoms with Crippen LogP contribution in [-0.2, 0) is 4.79 Å². The van der Waals surface area contributed by atoms with Gasteiger partial charge in [0, 0.05) is 32.4 Å². The molecule has 4 aromatic carbocycles. The Hall–Kier alpha value is -4.85. The number of ether oxygens (including phenoxy) is 2. The zero-order valence-corrected chi connectivity index (χ0v) is 24.2. The summed E-state index contributed by atoms with van der Waals surface area (Å²) in [5, 5.41) is 6.01. The molecule has 0 bridgehead atoms. The van der Waals surface area contributed by atoms with Crippen molar-refractivity contribution in [1.82, 2.24) is 5.32 Å². The lowest BCUT2D eigenvalue weighted by atomic mass is 10.1. The minimum atomic E-state index is -0.609. The van der Waals surface area contributed by atoms with Crippen LogP contribution in [0.1, 0.15) is 31.8 Å². The number of amides is 2. The van der Waals surface area contributed by atoms with E-state index in [4.69, 9.17) is 32.7 Å². The average molecular weight is 601 g/mol. The molecule has 212 valence electrons. The van der Waals surface area contributed by atoms with Crippen LogP contribution in [0.4, 0.5) is 5.69 Å². The second-order valence-electron chi connectivity index (χ2n) is 8.86. The number of rotatable bonds is 10. The van der Waals surface area contributed by atoms with Crippen LogP contribution >= 0.6 is 23.2 Å². The van der Waals surface area contributed by atoms with Gasteiger partial charge >= 0.3 is 0 Å². The summed E-state index contributed by atoms with van der Waals surface area (Å²) in [7, 11) is 3.09. The van der Waals surface area contributed by atoms with Crippen LogP contribution in [0.3, 0.4) is 0 Å². The van der Waals surface area contributed by atoms with E-state index in [2.05, 4.69) is 10.6 Å². The predicted octanol–water partition coefficient (Wildman–Crippen LogP) is 7.32. The van der Waals surface area contributed by atoms with E-state index in [0.29, 0.717) is 43.9 Å². The van der Waals surface area contributed by atoms with Gasteiger partial charge in [-0.15, -0.1) is 0 Å². The minimum absolute atomic E-state index is 0.0724. The predicted molar refractivity (Wildman–Crippen MR) is 166 cm³/mol. The Morgan fingerprint density at radius 1 is 0.738 bits per heavy atom. The Morgan fingerprint density at radius 3 is 2.05 bits per heavy atom. The van der Waals surface area contributed by atoms with Gasteiger partial charge in [-0.05, 0) is 78.4 Å². The molecule has 9 heteroatoms. The van der Waals surface area contributed by atoms with Crippen LogP contribution in [0, 0.1) is 0 Å². The summed E-state index contributed by atoms with van der Waals surface area (Å²) in [6.07, 6.45) is 4.53. The fraction of sp³-hybridized carbons (Fsp3) is 0.0606. The molecular formula is C33H26Cl2N2O5. The number of carbonyl (C=O) groups is 3. The summed E-state index contributed by atoms with van der Waals surface area (Å²) in [4.78, 5) is 38.9. The van der Waals surface area contributed by atoms with Gasteiger partial charge in [0.2, 0.25) is 0 Å². The van der Waals surface area contributed by atoms with E-state index in [1.807, 2.05) is 0 Å². The van der Waals surface area contributed by atoms with Crippen LogP contribution < -0.4 is 20.1 Å². The van der Waals surface area contributed by atoms with Gasteiger partial charge in [0.15, 0.2) is 17.3 Å². The van der Waals surface area contributed by atoms with Crippen molar-refractivity contribution in [3.63, 3.8) is 0 Å². The molecule has 2 amide bonds. The molecule has 7 nitrogen and oxygen atoms in total. The summed E-state index contributed by atoms with van der Waals surface area (Å²) in [5.74, 6) is -0.180. The summed E-state index contributed by atoms with van der Waals surface area (Å²) < 4.78 is 10.5. The largest absolute Gasteiger partial charge is 0.493 e. The Labute approximate surface area is 253 Å². The Bertz CT molecular complexity index is 1650. The van der Waals surface area contributed by atoms with Crippen molar-refractivity contribution in [2.75, 3.05) is 19.5 Å². The normalized spacial score (nSPS) is 11.2. The van der Waals surface area contributed by atoms with E-state index in [0.717, 1.165) is 5.56 Å². The molecule has 0 aromatic heterocycles. The lowest BCUT2D eigenvalue weighted by Gasteiger charge is -2.12. The van der Waals surface area contributed by atoms with Crippen molar-refractivity contribution >= 4 is 58.6 Å². The van der Waals surface area contributed by atoms with Crippen LogP contribution in [-0.4, -0.2) is 31.8 Å². The molecule has 0 saturated heterocycles. The first-order valence-corrected chi connectivity index (χ1v) is 13.4. The van der Waals surface area contributed by atoms with E-state index in [-0.39, 0.29) is 11.5 Å². The molecule has 0 unspecified atom stereocenters. The van der Waals surface area contributed by atoms with Crippen LogP contribution in [0.15, 0.2) is 103 Å². The van der Waals surface area contributed by atoms with Gasteiger partial charge in [0.05, 0.1) is 14.2 Å². The molecule has 4 aromatic rings. The third-order valence-corrected chi connectivity index (χ3v) is 6.74. The first-order chi connectivity index (χ1) is 20.3. The maximum atomic E-state index is 13.3. The first kappa shape index (κ1) is 30.1. The van der Waals surface area contributed by atoms with E-state index in [9.17, 15) is 14.4 Å². The maximum Gasteiger partial charge on any atom is 0.272 e. The minimum Gasteiger partial charge on any atom is -0.493 e. The van der Waals surface area contributed by atoms with Crippen LogP contribution in [0.2, 0.25) is 10.0 Å². The number of hydrogen-bond donors (Lipinski definition) is 2. The maximum absolute atomic E-state index is 13.3. The molecule has 0 spiro atoms. The van der Waals surface area contributed by atoms with Gasteiger partial charge < -0.3 is 20.1 Å². The molecule has 0 radical (unpaired) electrons. The summed E-state index contributed by atoms with van der Waals surface area (Å²) in [6.45, 7) is 0. The summed E-state index contributed by atoms with van der Waals surface area (Å²) in [5.41, 5.74) is 2.26. The van der Waals surface area contributed by atoms with E-state index in [1.54, 1.807) is 111 Å². The fourth-order valence-corrected chi connectivity index (χ4v) is 4.38. The smallest absolute Gasteiger partial charge is 0.272 e. The molecule has 0 saturated carbocycles. The first-order valence-electron chi connectivity index (χ1n) is 12.7. The second kappa shape index (κ2) is 14.2. The monoisotopic (exact) mass is 600 g/mol. The van der Waals surface area contributed by atoms with E-state index >= 15 is 0 Å². The van der Waals surface area contributed by atoms with Gasteiger partial charge in [0.1, 0.15) is 5.70 Å². The third-order valence-electron chi connectivity index (χ3n) is 6.08. The van der Waals surface area contributed by atoms with Crippen molar-refractivity contribution in [2.24, 2.45) is 0 Å². The SMILES string of the molecule is COc1ccc(/C=C/C(=O)c2ccc(NC(=O)/C(=C/c3c(Cl)cccc3Cl)NC(=O)c3ccccc3)cc2)cc1OC. The van der Waals surface area contributed by atoms with Crippen molar-refractivity contribution in [2.45, 2.75) is 0 Å². The lowest BCUT2D eigenvalue weighted by Crippen LogP contribution is -2.30. The Kier molecular flexibility index (Phi) is 10.2. The molecule has 0 aliphatic rings. The Balaban J connectivity index is 1.51. The summed E-state index contributed by atoms with van der Waals surface area (Å²) in [6, 6.07) is 25.1. The molecule has 0 fully saturated rings. The number of allylic oxidation sites excluding steroid dienone is 1. The molecule has 2 N–H and O–H groups in total. The Morgan fingerprint density at radius 2 is 1.40 bits per heavy atom. The highest BCUT2D eigenvalue weighted by atomic mass is 35.5. The highest BCUT2D eigenvalue weighted by Gasteiger charge is 2.17. The zero-order valence-electron chi connectivity index (χ0n) is 22.7.